The molecule has 2 aromatic rings. The molecule has 0 amide bonds. The first-order chi connectivity index (χ1) is 11.1. The van der Waals surface area contributed by atoms with Crippen molar-refractivity contribution in [2.75, 3.05) is 20.2 Å². The minimum atomic E-state index is -0.391. The van der Waals surface area contributed by atoms with Crippen molar-refractivity contribution in [1.82, 2.24) is 19.5 Å². The van der Waals surface area contributed by atoms with Crippen LogP contribution >= 0.6 is 0 Å². The van der Waals surface area contributed by atoms with E-state index in [2.05, 4.69) is 28.8 Å². The van der Waals surface area contributed by atoms with Gasteiger partial charge in [-0.15, -0.1) is 0 Å². The molecule has 0 atom stereocenters. The Morgan fingerprint density at radius 1 is 1.35 bits per heavy atom. The van der Waals surface area contributed by atoms with Gasteiger partial charge in [-0.1, -0.05) is 6.07 Å². The summed E-state index contributed by atoms with van der Waals surface area (Å²) in [6.45, 7) is 6.78. The molecule has 6 heteroatoms. The molecule has 0 unspecified atom stereocenters. The standard InChI is InChI=1S/C17H24N4O2/c1-12(2)20-9-7-13(8-10-20)11-15-18-16-6-4-5-14(17(22)23-3)21(16)19-15/h4-6,12-13H,7-11H2,1-3H3. The molecule has 1 fully saturated rings. The zero-order valence-corrected chi connectivity index (χ0v) is 14.0. The van der Waals surface area contributed by atoms with Crippen molar-refractivity contribution in [3.8, 4) is 0 Å². The number of carbonyl (C=O) groups is 1. The zero-order valence-electron chi connectivity index (χ0n) is 14.0. The Morgan fingerprint density at radius 2 is 2.09 bits per heavy atom. The molecule has 0 aliphatic carbocycles. The number of esters is 1. The summed E-state index contributed by atoms with van der Waals surface area (Å²) in [6, 6.07) is 6.00. The summed E-state index contributed by atoms with van der Waals surface area (Å²) in [5.74, 6) is 1.03. The molecule has 3 rings (SSSR count). The monoisotopic (exact) mass is 316 g/mol. The Labute approximate surface area is 136 Å². The van der Waals surface area contributed by atoms with E-state index in [1.807, 2.05) is 6.07 Å². The molecule has 0 N–H and O–H groups in total. The van der Waals surface area contributed by atoms with Crippen LogP contribution in [0.1, 0.15) is 43.0 Å². The predicted octanol–water partition coefficient (Wildman–Crippen LogP) is 2.18. The van der Waals surface area contributed by atoms with Crippen molar-refractivity contribution >= 4 is 11.6 Å². The van der Waals surface area contributed by atoms with Crippen LogP contribution in [-0.2, 0) is 11.2 Å². The van der Waals surface area contributed by atoms with Crippen LogP contribution in [0.4, 0.5) is 0 Å². The highest BCUT2D eigenvalue weighted by Crippen LogP contribution is 2.22. The molecule has 6 nitrogen and oxygen atoms in total. The SMILES string of the molecule is COC(=O)c1cccc2nc(CC3CCN(C(C)C)CC3)nn12. The molecular formula is C17H24N4O2. The molecule has 0 spiro atoms. The molecule has 124 valence electrons. The maximum absolute atomic E-state index is 11.8. The first-order valence-electron chi connectivity index (χ1n) is 8.25. The van der Waals surface area contributed by atoms with Crippen LogP contribution in [0.3, 0.4) is 0 Å². The molecule has 23 heavy (non-hydrogen) atoms. The first-order valence-corrected chi connectivity index (χ1v) is 8.25. The van der Waals surface area contributed by atoms with Gasteiger partial charge in [0.25, 0.3) is 0 Å². The lowest BCUT2D eigenvalue weighted by atomic mass is 9.93. The van der Waals surface area contributed by atoms with Crippen LogP contribution in [-0.4, -0.2) is 51.7 Å². The van der Waals surface area contributed by atoms with Crippen LogP contribution in [0.25, 0.3) is 5.65 Å². The fourth-order valence-electron chi connectivity index (χ4n) is 3.23. The highest BCUT2D eigenvalue weighted by Gasteiger charge is 2.23. The number of carbonyl (C=O) groups excluding carboxylic acids is 1. The van der Waals surface area contributed by atoms with Gasteiger partial charge in [0.15, 0.2) is 17.2 Å². The second-order valence-electron chi connectivity index (χ2n) is 6.48. The normalized spacial score (nSPS) is 17.0. The van der Waals surface area contributed by atoms with Gasteiger partial charge in [0.2, 0.25) is 0 Å². The summed E-state index contributed by atoms with van der Waals surface area (Å²) >= 11 is 0. The molecule has 0 saturated carbocycles. The maximum Gasteiger partial charge on any atom is 0.356 e. The minimum Gasteiger partial charge on any atom is -0.464 e. The maximum atomic E-state index is 11.8. The lowest BCUT2D eigenvalue weighted by Gasteiger charge is -2.34. The summed E-state index contributed by atoms with van der Waals surface area (Å²) in [5.41, 5.74) is 1.11. The summed E-state index contributed by atoms with van der Waals surface area (Å²) in [7, 11) is 1.38. The van der Waals surface area contributed by atoms with Gasteiger partial charge in [-0.3, -0.25) is 0 Å². The van der Waals surface area contributed by atoms with E-state index in [0.717, 1.165) is 25.3 Å². The molecule has 0 radical (unpaired) electrons. The van der Waals surface area contributed by atoms with Gasteiger partial charge in [-0.05, 0) is 57.8 Å². The van der Waals surface area contributed by atoms with Crippen LogP contribution in [0.5, 0.6) is 0 Å². The molecular weight excluding hydrogens is 292 g/mol. The van der Waals surface area contributed by atoms with Crippen molar-refractivity contribution in [3.05, 3.63) is 29.7 Å². The first kappa shape index (κ1) is 15.9. The van der Waals surface area contributed by atoms with E-state index in [9.17, 15) is 4.79 Å². The van der Waals surface area contributed by atoms with Crippen LogP contribution in [0.2, 0.25) is 0 Å². The van der Waals surface area contributed by atoms with E-state index in [1.54, 1.807) is 16.6 Å². The third-order valence-corrected chi connectivity index (χ3v) is 4.65. The molecule has 3 heterocycles. The number of hydrogen-bond acceptors (Lipinski definition) is 5. The van der Waals surface area contributed by atoms with Crippen molar-refractivity contribution in [1.29, 1.82) is 0 Å². The smallest absolute Gasteiger partial charge is 0.356 e. The van der Waals surface area contributed by atoms with Gasteiger partial charge in [0, 0.05) is 12.5 Å². The number of fused-ring (bicyclic) bond motifs is 1. The number of likely N-dealkylation sites (tertiary alicyclic amines) is 1. The average Bonchev–Trinajstić information content (AvgIpc) is 2.96. The minimum absolute atomic E-state index is 0.391. The van der Waals surface area contributed by atoms with Crippen molar-refractivity contribution in [2.24, 2.45) is 5.92 Å². The van der Waals surface area contributed by atoms with Gasteiger partial charge in [-0.2, -0.15) is 5.10 Å². The highest BCUT2D eigenvalue weighted by atomic mass is 16.5. The molecule has 0 bridgehead atoms. The zero-order chi connectivity index (χ0) is 16.4. The fourth-order valence-corrected chi connectivity index (χ4v) is 3.23. The highest BCUT2D eigenvalue weighted by molar-refractivity contribution is 5.88. The number of pyridine rings is 1. The number of rotatable bonds is 4. The van der Waals surface area contributed by atoms with Crippen molar-refractivity contribution in [2.45, 2.75) is 39.2 Å². The van der Waals surface area contributed by atoms with Gasteiger partial charge in [-0.25, -0.2) is 14.3 Å². The van der Waals surface area contributed by atoms with E-state index in [-0.39, 0.29) is 0 Å². The third kappa shape index (κ3) is 3.37. The summed E-state index contributed by atoms with van der Waals surface area (Å²) in [4.78, 5) is 18.9. The van der Waals surface area contributed by atoms with Gasteiger partial charge in [0.05, 0.1) is 7.11 Å². The summed E-state index contributed by atoms with van der Waals surface area (Å²) in [5, 5.41) is 4.52. The largest absolute Gasteiger partial charge is 0.464 e. The van der Waals surface area contributed by atoms with Crippen LogP contribution < -0.4 is 0 Å². The Morgan fingerprint density at radius 3 is 2.74 bits per heavy atom. The lowest BCUT2D eigenvalue weighted by Crippen LogP contribution is -2.38. The summed E-state index contributed by atoms with van der Waals surface area (Å²) in [6.07, 6.45) is 3.23. The second kappa shape index (κ2) is 6.66. The topological polar surface area (TPSA) is 59.7 Å². The van der Waals surface area contributed by atoms with E-state index < -0.39 is 5.97 Å². The van der Waals surface area contributed by atoms with E-state index >= 15 is 0 Å². The van der Waals surface area contributed by atoms with E-state index in [4.69, 9.17) is 4.74 Å². The van der Waals surface area contributed by atoms with Crippen molar-refractivity contribution < 1.29 is 9.53 Å². The summed E-state index contributed by atoms with van der Waals surface area (Å²) < 4.78 is 6.39. The molecule has 1 aliphatic heterocycles. The third-order valence-electron chi connectivity index (χ3n) is 4.65. The van der Waals surface area contributed by atoms with Crippen LogP contribution in [0, 0.1) is 5.92 Å². The van der Waals surface area contributed by atoms with Gasteiger partial charge < -0.3 is 9.64 Å². The average molecular weight is 316 g/mol. The Kier molecular flexibility index (Phi) is 4.61. The predicted molar refractivity (Wildman–Crippen MR) is 87.5 cm³/mol. The Hall–Kier alpha value is -1.95. The van der Waals surface area contributed by atoms with Crippen LogP contribution in [0.15, 0.2) is 18.2 Å². The van der Waals surface area contributed by atoms with Gasteiger partial charge >= 0.3 is 5.97 Å². The molecule has 2 aromatic heterocycles. The molecule has 0 aromatic carbocycles. The number of piperidine rings is 1. The van der Waals surface area contributed by atoms with E-state index in [1.165, 1.54) is 20.0 Å². The number of nitrogens with zero attached hydrogens (tertiary/aromatic N) is 4. The second-order valence-corrected chi connectivity index (χ2v) is 6.48. The number of ether oxygens (including phenoxy) is 1. The van der Waals surface area contributed by atoms with E-state index in [0.29, 0.717) is 23.3 Å². The van der Waals surface area contributed by atoms with Crippen molar-refractivity contribution in [3.63, 3.8) is 0 Å². The number of hydrogen-bond donors (Lipinski definition) is 0. The fraction of sp³-hybridized carbons (Fsp3) is 0.588. The van der Waals surface area contributed by atoms with Gasteiger partial charge in [0.1, 0.15) is 0 Å². The molecule has 1 saturated heterocycles. The number of methoxy groups -OCH3 is 1. The lowest BCUT2D eigenvalue weighted by molar-refractivity contribution is 0.0591. The Balaban J connectivity index is 1.73. The molecule has 1 aliphatic rings. The quantitative estimate of drug-likeness (QED) is 0.809. The Bertz CT molecular complexity index is 687. The number of aromatic nitrogens is 3.